The van der Waals surface area contributed by atoms with E-state index in [0.717, 1.165) is 57.9 Å². The second kappa shape index (κ2) is 9.20. The van der Waals surface area contributed by atoms with Gasteiger partial charge in [0.1, 0.15) is 6.61 Å². The molecule has 35 heavy (non-hydrogen) atoms. The molecule has 6 rings (SSSR count). The Balaban J connectivity index is 0.00000124. The van der Waals surface area contributed by atoms with Crippen LogP contribution in [0.4, 0.5) is 0 Å². The van der Waals surface area contributed by atoms with Crippen LogP contribution >= 0.6 is 0 Å². The van der Waals surface area contributed by atoms with E-state index in [-0.39, 0.29) is 12.2 Å². The van der Waals surface area contributed by atoms with Crippen LogP contribution in [0.3, 0.4) is 0 Å². The molecule has 4 aromatic rings. The minimum absolute atomic E-state index is 0.129. The molecule has 180 valence electrons. The number of nitrogens with zero attached hydrogens (tertiary/aromatic N) is 3. The topological polar surface area (TPSA) is 120 Å². The van der Waals surface area contributed by atoms with Crippen molar-refractivity contribution in [2.45, 2.75) is 52.4 Å². The normalized spacial score (nSPS) is 15.8. The fraction of sp³-hybridized carbons (Fsp3) is 0.333. The molecule has 1 aromatic carbocycles. The first-order chi connectivity index (χ1) is 17.1. The van der Waals surface area contributed by atoms with Gasteiger partial charge in [-0.15, -0.1) is 0 Å². The lowest BCUT2D eigenvalue weighted by Crippen LogP contribution is -2.32. The van der Waals surface area contributed by atoms with Crippen molar-refractivity contribution in [2.24, 2.45) is 5.73 Å². The molecule has 3 N–H and O–H groups in total. The van der Waals surface area contributed by atoms with Gasteiger partial charge in [0.25, 0.3) is 5.56 Å². The van der Waals surface area contributed by atoms with Gasteiger partial charge in [-0.2, -0.15) is 0 Å². The lowest BCUT2D eigenvalue weighted by atomic mass is 9.93. The lowest BCUT2D eigenvalue weighted by Gasteiger charge is -2.21. The average Bonchev–Trinajstić information content (AvgIpc) is 3.26. The molecule has 8 nitrogen and oxygen atoms in total. The van der Waals surface area contributed by atoms with Crippen LogP contribution in [0.5, 0.6) is 0 Å². The van der Waals surface area contributed by atoms with E-state index in [1.54, 1.807) is 16.8 Å². The van der Waals surface area contributed by atoms with Crippen LogP contribution in [0, 0.1) is 0 Å². The Labute approximate surface area is 202 Å². The van der Waals surface area contributed by atoms with Gasteiger partial charge in [0, 0.05) is 28.1 Å². The molecule has 0 saturated carbocycles. The van der Waals surface area contributed by atoms with Crippen molar-refractivity contribution in [2.75, 3.05) is 6.54 Å². The third-order valence-electron chi connectivity index (χ3n) is 6.70. The predicted molar refractivity (Wildman–Crippen MR) is 134 cm³/mol. The Morgan fingerprint density at radius 2 is 1.94 bits per heavy atom. The number of ether oxygens (including phenoxy) is 1. The molecular formula is C27H28N4O4. The van der Waals surface area contributed by atoms with Crippen molar-refractivity contribution in [1.82, 2.24) is 14.5 Å². The van der Waals surface area contributed by atoms with E-state index < -0.39 is 12.1 Å². The highest BCUT2D eigenvalue weighted by Crippen LogP contribution is 2.40. The fourth-order valence-electron chi connectivity index (χ4n) is 5.09. The zero-order chi connectivity index (χ0) is 24.7. The van der Waals surface area contributed by atoms with Crippen LogP contribution in [0.25, 0.3) is 33.2 Å². The minimum Gasteiger partial charge on any atom is -0.458 e. The van der Waals surface area contributed by atoms with Crippen molar-refractivity contribution < 1.29 is 14.6 Å². The van der Waals surface area contributed by atoms with Gasteiger partial charge >= 0.3 is 5.97 Å². The maximum Gasteiger partial charge on any atom is 0.340 e. The SMILES string of the molecule is CC.NCCCCc1c2c(nc3ccc4ncccc4c13)-c1cc3c(c(=O)n1C2)COC(=O)C3O. The fourth-order valence-corrected chi connectivity index (χ4v) is 5.09. The van der Waals surface area contributed by atoms with Crippen LogP contribution in [0.15, 0.2) is 41.3 Å². The minimum atomic E-state index is -1.46. The predicted octanol–water partition coefficient (Wildman–Crippen LogP) is 3.37. The van der Waals surface area contributed by atoms with Crippen LogP contribution in [-0.2, 0) is 29.1 Å². The molecule has 5 heterocycles. The van der Waals surface area contributed by atoms with Gasteiger partial charge in [-0.25, -0.2) is 9.78 Å². The van der Waals surface area contributed by atoms with Gasteiger partial charge < -0.3 is 20.1 Å². The average molecular weight is 473 g/mol. The molecule has 0 spiro atoms. The molecule has 1 unspecified atom stereocenters. The number of aromatic nitrogens is 3. The first kappa shape index (κ1) is 23.1. The van der Waals surface area contributed by atoms with E-state index in [2.05, 4.69) is 11.1 Å². The number of pyridine rings is 3. The first-order valence-corrected chi connectivity index (χ1v) is 12.1. The van der Waals surface area contributed by atoms with Crippen molar-refractivity contribution in [1.29, 1.82) is 0 Å². The number of hydrogen-bond acceptors (Lipinski definition) is 7. The quantitative estimate of drug-likeness (QED) is 0.234. The number of hydrogen-bond donors (Lipinski definition) is 2. The summed E-state index contributed by atoms with van der Waals surface area (Å²) in [7, 11) is 0. The van der Waals surface area contributed by atoms with Gasteiger partial charge in [-0.1, -0.05) is 19.9 Å². The number of nitrogens with two attached hydrogens (primary N) is 1. The molecular weight excluding hydrogens is 444 g/mol. The maximum atomic E-state index is 13.3. The van der Waals surface area contributed by atoms with Crippen LogP contribution in [0.1, 0.15) is 55.0 Å². The summed E-state index contributed by atoms with van der Waals surface area (Å²) in [5.74, 6) is -0.738. The number of aliphatic hydroxyl groups excluding tert-OH is 1. The Hall–Kier alpha value is -3.62. The summed E-state index contributed by atoms with van der Waals surface area (Å²) in [5, 5.41) is 12.4. The van der Waals surface area contributed by atoms with E-state index in [9.17, 15) is 14.7 Å². The molecule has 0 radical (unpaired) electrons. The molecule has 0 aliphatic carbocycles. The molecule has 0 amide bonds. The number of fused-ring (bicyclic) bond motifs is 7. The van der Waals surface area contributed by atoms with Gasteiger partial charge in [0.05, 0.1) is 34.5 Å². The van der Waals surface area contributed by atoms with Crippen LogP contribution in [-0.4, -0.2) is 32.2 Å². The third kappa shape index (κ3) is 3.61. The molecule has 2 aliphatic heterocycles. The molecule has 0 bridgehead atoms. The van der Waals surface area contributed by atoms with Crippen molar-refractivity contribution >= 4 is 27.8 Å². The Kier molecular flexibility index (Phi) is 6.08. The number of aliphatic hydroxyl groups is 1. The number of carbonyl (C=O) groups excluding carboxylic acids is 1. The van der Waals surface area contributed by atoms with E-state index in [4.69, 9.17) is 15.5 Å². The molecule has 1 atom stereocenters. The first-order valence-electron chi connectivity index (χ1n) is 12.1. The second-order valence-electron chi connectivity index (χ2n) is 8.56. The van der Waals surface area contributed by atoms with Gasteiger partial charge in [-0.05, 0) is 55.6 Å². The summed E-state index contributed by atoms with van der Waals surface area (Å²) < 4.78 is 6.67. The molecule has 2 aliphatic rings. The summed E-state index contributed by atoms with van der Waals surface area (Å²) in [5.41, 5.74) is 11.4. The number of aryl methyl sites for hydroxylation is 1. The monoisotopic (exact) mass is 472 g/mol. The van der Waals surface area contributed by atoms with Crippen molar-refractivity contribution in [3.8, 4) is 11.4 Å². The Morgan fingerprint density at radius 1 is 1.14 bits per heavy atom. The zero-order valence-corrected chi connectivity index (χ0v) is 19.9. The van der Waals surface area contributed by atoms with E-state index in [1.807, 2.05) is 32.0 Å². The number of carbonyl (C=O) groups is 1. The van der Waals surface area contributed by atoms with Gasteiger partial charge in [0.2, 0.25) is 0 Å². The Bertz CT molecular complexity index is 1530. The highest BCUT2D eigenvalue weighted by atomic mass is 16.5. The molecule has 0 fully saturated rings. The highest BCUT2D eigenvalue weighted by molar-refractivity contribution is 6.08. The van der Waals surface area contributed by atoms with E-state index in [1.165, 1.54) is 0 Å². The number of esters is 1. The summed E-state index contributed by atoms with van der Waals surface area (Å²) in [4.78, 5) is 34.7. The molecule has 8 heteroatoms. The summed E-state index contributed by atoms with van der Waals surface area (Å²) in [6, 6.07) is 9.61. The van der Waals surface area contributed by atoms with Crippen LogP contribution in [0.2, 0.25) is 0 Å². The number of benzene rings is 1. The van der Waals surface area contributed by atoms with E-state index >= 15 is 0 Å². The summed E-state index contributed by atoms with van der Waals surface area (Å²) >= 11 is 0. The number of cyclic esters (lactones) is 1. The summed E-state index contributed by atoms with van der Waals surface area (Å²) in [6.45, 7) is 4.87. The number of unbranched alkanes of at least 4 members (excludes halogenated alkanes) is 1. The van der Waals surface area contributed by atoms with Crippen molar-refractivity contribution in [3.63, 3.8) is 0 Å². The standard InChI is InChI=1S/C25H22N4O4.C2H6/c26-8-2-1-4-13-16-11-29-20(10-15-17(24(29)31)12-33-25(32)23(15)30)22(16)28-19-7-6-18-14(21(13)19)5-3-9-27-18;1-2/h3,5-7,9-10,23,30H,1-2,4,8,11-12,26H2;1-2H3. The van der Waals surface area contributed by atoms with E-state index in [0.29, 0.717) is 29.9 Å². The smallest absolute Gasteiger partial charge is 0.340 e. The summed E-state index contributed by atoms with van der Waals surface area (Å²) in [6.07, 6.45) is 2.93. The zero-order valence-electron chi connectivity index (χ0n) is 19.9. The van der Waals surface area contributed by atoms with Crippen LogP contribution < -0.4 is 11.3 Å². The Morgan fingerprint density at radius 3 is 2.74 bits per heavy atom. The second-order valence-corrected chi connectivity index (χ2v) is 8.56. The number of rotatable bonds is 4. The highest BCUT2D eigenvalue weighted by Gasteiger charge is 2.34. The lowest BCUT2D eigenvalue weighted by molar-refractivity contribution is -0.157. The van der Waals surface area contributed by atoms with Gasteiger partial charge in [0.15, 0.2) is 6.10 Å². The third-order valence-corrected chi connectivity index (χ3v) is 6.70. The molecule has 0 saturated heterocycles. The largest absolute Gasteiger partial charge is 0.458 e. The van der Waals surface area contributed by atoms with Crippen molar-refractivity contribution in [3.05, 3.63) is 69.1 Å². The van der Waals surface area contributed by atoms with Gasteiger partial charge in [-0.3, -0.25) is 9.78 Å². The maximum absolute atomic E-state index is 13.3. The molecule has 3 aromatic heterocycles.